The molecular weight excluding hydrogens is 344 g/mol. The van der Waals surface area contributed by atoms with Gasteiger partial charge >= 0.3 is 5.97 Å². The molecule has 0 atom stereocenters. The van der Waals surface area contributed by atoms with Gasteiger partial charge in [-0.15, -0.1) is 11.3 Å². The second-order valence-corrected chi connectivity index (χ2v) is 6.20. The van der Waals surface area contributed by atoms with Crippen LogP contribution in [-0.4, -0.2) is 41.5 Å². The van der Waals surface area contributed by atoms with Gasteiger partial charge in [0.15, 0.2) is 10.8 Å². The third kappa shape index (κ3) is 3.29. The maximum atomic E-state index is 12.3. The number of carboxylic acids is 1. The lowest BCUT2D eigenvalue weighted by Crippen LogP contribution is -2.16. The van der Waals surface area contributed by atoms with E-state index in [9.17, 15) is 9.59 Å². The minimum atomic E-state index is -1.21. The van der Waals surface area contributed by atoms with Crippen LogP contribution < -0.4 is 5.32 Å². The Hall–Kier alpha value is -3.01. The number of aryl methyl sites for hydroxylation is 3. The smallest absolute Gasteiger partial charge is 0.339 e. The average Bonchev–Trinajstić information content (AvgIpc) is 3.25. The van der Waals surface area contributed by atoms with Crippen molar-refractivity contribution >= 4 is 28.3 Å². The number of carboxylic acid groups (broad SMARTS) is 1. The van der Waals surface area contributed by atoms with Crippen LogP contribution in [0.5, 0.6) is 0 Å². The minimum absolute atomic E-state index is 0.151. The van der Waals surface area contributed by atoms with E-state index in [0.29, 0.717) is 10.8 Å². The Morgan fingerprint density at radius 2 is 2.08 bits per heavy atom. The number of anilines is 1. The van der Waals surface area contributed by atoms with Crippen molar-refractivity contribution in [3.05, 3.63) is 34.7 Å². The van der Waals surface area contributed by atoms with Gasteiger partial charge in [-0.05, 0) is 13.8 Å². The number of nitrogens with zero attached hydrogens (tertiary/aromatic N) is 5. The van der Waals surface area contributed by atoms with Crippen LogP contribution in [-0.2, 0) is 13.6 Å². The monoisotopic (exact) mass is 360 g/mol. The highest BCUT2D eigenvalue weighted by molar-refractivity contribution is 7.14. The van der Waals surface area contributed by atoms with Crippen LogP contribution in [0.15, 0.2) is 17.8 Å². The second-order valence-electron chi connectivity index (χ2n) is 5.35. The van der Waals surface area contributed by atoms with Gasteiger partial charge in [-0.1, -0.05) is 0 Å². The van der Waals surface area contributed by atoms with E-state index in [-0.39, 0.29) is 11.3 Å². The van der Waals surface area contributed by atoms with E-state index < -0.39 is 11.9 Å². The van der Waals surface area contributed by atoms with E-state index in [4.69, 9.17) is 5.11 Å². The summed E-state index contributed by atoms with van der Waals surface area (Å²) in [5.74, 6) is -1.82. The standard InChI is InChI=1S/C15H16N6O3S/c1-4-21-6-9(8(2)18-21)11-7-25-15(16-11)17-13(22)12-10(14(23)24)5-20(3)19-12/h5-7H,4H2,1-3H3,(H,23,24)(H,16,17,22). The number of carbonyl (C=O) groups is 2. The zero-order chi connectivity index (χ0) is 18.1. The van der Waals surface area contributed by atoms with E-state index in [1.165, 1.54) is 22.2 Å². The van der Waals surface area contributed by atoms with Crippen LogP contribution in [0.1, 0.15) is 33.5 Å². The Balaban J connectivity index is 1.83. The molecule has 3 rings (SSSR count). The molecule has 0 saturated heterocycles. The van der Waals surface area contributed by atoms with Crippen LogP contribution in [0.25, 0.3) is 11.3 Å². The Kier molecular flexibility index (Phi) is 4.36. The van der Waals surface area contributed by atoms with Gasteiger partial charge in [-0.3, -0.25) is 19.5 Å². The summed E-state index contributed by atoms with van der Waals surface area (Å²) in [4.78, 5) is 27.9. The fourth-order valence-electron chi connectivity index (χ4n) is 2.36. The predicted molar refractivity (Wildman–Crippen MR) is 91.9 cm³/mol. The maximum absolute atomic E-state index is 12.3. The van der Waals surface area contributed by atoms with Crippen molar-refractivity contribution in [2.45, 2.75) is 20.4 Å². The Morgan fingerprint density at radius 3 is 2.72 bits per heavy atom. The number of rotatable bonds is 5. The normalized spacial score (nSPS) is 10.8. The van der Waals surface area contributed by atoms with Crippen molar-refractivity contribution in [2.75, 3.05) is 5.32 Å². The molecule has 0 bridgehead atoms. The van der Waals surface area contributed by atoms with Crippen LogP contribution in [0.4, 0.5) is 5.13 Å². The number of hydrogen-bond donors (Lipinski definition) is 2. The topological polar surface area (TPSA) is 115 Å². The fourth-order valence-corrected chi connectivity index (χ4v) is 3.06. The van der Waals surface area contributed by atoms with E-state index >= 15 is 0 Å². The molecule has 0 aromatic carbocycles. The molecule has 25 heavy (non-hydrogen) atoms. The van der Waals surface area contributed by atoms with Crippen molar-refractivity contribution in [3.63, 3.8) is 0 Å². The molecule has 0 aliphatic heterocycles. The average molecular weight is 360 g/mol. The first-order chi connectivity index (χ1) is 11.9. The zero-order valence-corrected chi connectivity index (χ0v) is 14.7. The Labute approximate surface area is 146 Å². The van der Waals surface area contributed by atoms with Crippen molar-refractivity contribution in [1.29, 1.82) is 0 Å². The molecule has 3 aromatic rings. The van der Waals surface area contributed by atoms with E-state index in [1.54, 1.807) is 7.05 Å². The largest absolute Gasteiger partial charge is 0.478 e. The molecule has 130 valence electrons. The molecule has 0 spiro atoms. The Bertz CT molecular complexity index is 955. The number of aromatic carboxylic acids is 1. The number of hydrogen-bond acceptors (Lipinski definition) is 6. The highest BCUT2D eigenvalue weighted by Crippen LogP contribution is 2.27. The number of amides is 1. The lowest BCUT2D eigenvalue weighted by Gasteiger charge is -1.99. The van der Waals surface area contributed by atoms with Gasteiger partial charge < -0.3 is 5.11 Å². The molecule has 3 heterocycles. The molecule has 2 N–H and O–H groups in total. The van der Waals surface area contributed by atoms with E-state index in [0.717, 1.165) is 17.8 Å². The van der Waals surface area contributed by atoms with Gasteiger partial charge in [0.25, 0.3) is 5.91 Å². The molecule has 0 aliphatic carbocycles. The molecule has 10 heteroatoms. The summed E-state index contributed by atoms with van der Waals surface area (Å²) >= 11 is 1.25. The first-order valence-electron chi connectivity index (χ1n) is 7.47. The number of thiazole rings is 1. The molecule has 0 fully saturated rings. The van der Waals surface area contributed by atoms with Gasteiger partial charge in [0, 0.05) is 36.9 Å². The predicted octanol–water partition coefficient (Wildman–Crippen LogP) is 2.02. The van der Waals surface area contributed by atoms with E-state index in [2.05, 4.69) is 20.5 Å². The van der Waals surface area contributed by atoms with Crippen molar-refractivity contribution in [3.8, 4) is 11.3 Å². The number of aromatic nitrogens is 5. The number of nitrogens with one attached hydrogen (secondary N) is 1. The minimum Gasteiger partial charge on any atom is -0.478 e. The molecular formula is C15H16N6O3S. The third-order valence-corrected chi connectivity index (χ3v) is 4.30. The van der Waals surface area contributed by atoms with Crippen molar-refractivity contribution in [2.24, 2.45) is 7.05 Å². The lowest BCUT2D eigenvalue weighted by atomic mass is 10.2. The molecule has 0 radical (unpaired) electrons. The molecule has 9 nitrogen and oxygen atoms in total. The molecule has 0 saturated carbocycles. The summed E-state index contributed by atoms with van der Waals surface area (Å²) in [5, 5.41) is 22.2. The summed E-state index contributed by atoms with van der Waals surface area (Å²) in [6.07, 6.45) is 3.18. The van der Waals surface area contributed by atoms with Gasteiger partial charge in [-0.25, -0.2) is 9.78 Å². The quantitative estimate of drug-likeness (QED) is 0.719. The summed E-state index contributed by atoms with van der Waals surface area (Å²) < 4.78 is 3.10. The SMILES string of the molecule is CCn1cc(-c2csc(NC(=O)c3nn(C)cc3C(=O)O)n2)c(C)n1. The third-order valence-electron chi connectivity index (χ3n) is 3.55. The van der Waals surface area contributed by atoms with Gasteiger partial charge in [-0.2, -0.15) is 10.2 Å². The first-order valence-corrected chi connectivity index (χ1v) is 8.35. The highest BCUT2D eigenvalue weighted by Gasteiger charge is 2.22. The van der Waals surface area contributed by atoms with Crippen LogP contribution in [0, 0.1) is 6.92 Å². The number of carbonyl (C=O) groups excluding carboxylic acids is 1. The van der Waals surface area contributed by atoms with Crippen LogP contribution >= 0.6 is 11.3 Å². The van der Waals surface area contributed by atoms with Crippen LogP contribution in [0.2, 0.25) is 0 Å². The van der Waals surface area contributed by atoms with E-state index in [1.807, 2.05) is 30.1 Å². The van der Waals surface area contributed by atoms with Crippen LogP contribution in [0.3, 0.4) is 0 Å². The highest BCUT2D eigenvalue weighted by atomic mass is 32.1. The lowest BCUT2D eigenvalue weighted by molar-refractivity contribution is 0.0692. The molecule has 1 amide bonds. The zero-order valence-electron chi connectivity index (χ0n) is 13.8. The molecule has 0 unspecified atom stereocenters. The molecule has 0 aliphatic rings. The summed E-state index contributed by atoms with van der Waals surface area (Å²) in [5.41, 5.74) is 2.14. The van der Waals surface area contributed by atoms with Crippen molar-refractivity contribution in [1.82, 2.24) is 24.5 Å². The summed E-state index contributed by atoms with van der Waals surface area (Å²) in [6.45, 7) is 4.65. The van der Waals surface area contributed by atoms with Crippen molar-refractivity contribution < 1.29 is 14.7 Å². The van der Waals surface area contributed by atoms with Gasteiger partial charge in [0.2, 0.25) is 0 Å². The van der Waals surface area contributed by atoms with Gasteiger partial charge in [0.05, 0.1) is 11.4 Å². The summed E-state index contributed by atoms with van der Waals surface area (Å²) in [7, 11) is 1.55. The van der Waals surface area contributed by atoms with Gasteiger partial charge in [0.1, 0.15) is 5.56 Å². The second kappa shape index (κ2) is 6.48. The molecule has 3 aromatic heterocycles. The fraction of sp³-hybridized carbons (Fsp3) is 0.267. The first kappa shape index (κ1) is 16.8. The summed E-state index contributed by atoms with van der Waals surface area (Å²) in [6, 6.07) is 0. The maximum Gasteiger partial charge on any atom is 0.339 e. The Morgan fingerprint density at radius 1 is 1.32 bits per heavy atom.